The summed E-state index contributed by atoms with van der Waals surface area (Å²) in [4.78, 5) is 15.0. The smallest absolute Gasteiger partial charge is 0.273 e. The van der Waals surface area contributed by atoms with Crippen LogP contribution in [-0.2, 0) is 13.1 Å². The van der Waals surface area contributed by atoms with Gasteiger partial charge in [0.2, 0.25) is 0 Å². The minimum atomic E-state index is -0.281. The van der Waals surface area contributed by atoms with Gasteiger partial charge in [0.05, 0.1) is 4.92 Å². The zero-order valence-electron chi connectivity index (χ0n) is 15.0. The molecular weight excluding hydrogens is 358 g/mol. The normalized spacial score (nSPS) is 22.0. The molecule has 0 aliphatic carbocycles. The number of nitrogens with zero attached hydrogens (tertiary/aromatic N) is 1. The highest BCUT2D eigenvalue weighted by atomic mass is 32.1. The molecule has 2 atom stereocenters. The predicted octanol–water partition coefficient (Wildman–Crippen LogP) is 1.84. The van der Waals surface area contributed by atoms with Crippen LogP contribution in [0.1, 0.15) is 22.2 Å². The van der Waals surface area contributed by atoms with Crippen molar-refractivity contribution in [1.82, 2.24) is 0 Å². The van der Waals surface area contributed by atoms with E-state index >= 15 is 0 Å². The average Bonchev–Trinajstić information content (AvgIpc) is 3.31. The minimum absolute atomic E-state index is 0.226. The fourth-order valence-electron chi connectivity index (χ4n) is 3.99. The molecule has 0 saturated carbocycles. The summed E-state index contributed by atoms with van der Waals surface area (Å²) in [7, 11) is 0. The van der Waals surface area contributed by atoms with E-state index in [2.05, 4.69) is 48.5 Å². The molecule has 0 bridgehead atoms. The quantitative estimate of drug-likeness (QED) is 0.506. The van der Waals surface area contributed by atoms with Crippen molar-refractivity contribution in [2.24, 2.45) is 0 Å². The third-order valence-electron chi connectivity index (χ3n) is 5.21. The van der Waals surface area contributed by atoms with Crippen LogP contribution in [0.15, 0.2) is 72.8 Å². The summed E-state index contributed by atoms with van der Waals surface area (Å²) in [5, 5.41) is 11.4. The molecule has 0 amide bonds. The first kappa shape index (κ1) is 17.9. The van der Waals surface area contributed by atoms with Crippen LogP contribution >= 0.6 is 11.3 Å². The molecule has 1 aliphatic heterocycles. The fourth-order valence-corrected chi connectivity index (χ4v) is 5.03. The van der Waals surface area contributed by atoms with Crippen LogP contribution in [-0.4, -0.2) is 18.0 Å². The number of hydrogen-bond donors (Lipinski definition) is 2. The highest BCUT2D eigenvalue weighted by molar-refractivity contribution is 7.15. The molecule has 0 radical (unpaired) electrons. The Bertz CT molecular complexity index is 849. The van der Waals surface area contributed by atoms with E-state index in [1.54, 1.807) is 6.07 Å². The molecule has 27 heavy (non-hydrogen) atoms. The van der Waals surface area contributed by atoms with Crippen LogP contribution < -0.4 is 9.80 Å². The lowest BCUT2D eigenvalue weighted by Gasteiger charge is -2.23. The third-order valence-corrected chi connectivity index (χ3v) is 6.31. The molecule has 138 valence electrons. The van der Waals surface area contributed by atoms with Crippen LogP contribution in [0, 0.1) is 10.1 Å². The van der Waals surface area contributed by atoms with Crippen molar-refractivity contribution >= 4 is 16.3 Å². The van der Waals surface area contributed by atoms with Gasteiger partial charge in [0, 0.05) is 17.2 Å². The van der Waals surface area contributed by atoms with Crippen molar-refractivity contribution in [3.05, 3.63) is 98.9 Å². The predicted molar refractivity (Wildman–Crippen MR) is 106 cm³/mol. The summed E-state index contributed by atoms with van der Waals surface area (Å²) in [6.07, 6.45) is 0.226. The van der Waals surface area contributed by atoms with Crippen LogP contribution in [0.2, 0.25) is 0 Å². The number of benzene rings is 2. The van der Waals surface area contributed by atoms with Gasteiger partial charge >= 0.3 is 5.00 Å². The number of hydrogen-bond acceptors (Lipinski definition) is 3. The summed E-state index contributed by atoms with van der Waals surface area (Å²) >= 11 is 1.33. The molecular formula is C21H23N3O2S+2. The largest absolute Gasteiger partial charge is 0.324 e. The lowest BCUT2D eigenvalue weighted by atomic mass is 10.2. The molecule has 6 heteroatoms. The van der Waals surface area contributed by atoms with Gasteiger partial charge in [-0.05, 0) is 6.07 Å². The second-order valence-electron chi connectivity index (χ2n) is 7.01. The second-order valence-corrected chi connectivity index (χ2v) is 8.10. The highest BCUT2D eigenvalue weighted by Crippen LogP contribution is 2.26. The molecule has 2 aromatic carbocycles. The lowest BCUT2D eigenvalue weighted by molar-refractivity contribution is -1.09. The maximum Gasteiger partial charge on any atom is 0.324 e. The Morgan fingerprint density at radius 1 is 0.852 bits per heavy atom. The van der Waals surface area contributed by atoms with Crippen LogP contribution in [0.4, 0.5) is 5.00 Å². The number of rotatable bonds is 6. The molecule has 1 fully saturated rings. The SMILES string of the molecule is O=[N+]([O-])c1ccc(C2[NH+](Cc3ccccc3)CC[NH+]2Cc2ccccc2)s1. The van der Waals surface area contributed by atoms with Gasteiger partial charge in [-0.1, -0.05) is 72.0 Å². The minimum Gasteiger partial charge on any atom is -0.273 e. The number of quaternary nitrogens is 2. The zero-order valence-corrected chi connectivity index (χ0v) is 15.8. The van der Waals surface area contributed by atoms with E-state index in [0.717, 1.165) is 31.1 Å². The first-order valence-corrected chi connectivity index (χ1v) is 10.0. The lowest BCUT2D eigenvalue weighted by Crippen LogP contribution is -3.22. The molecule has 1 saturated heterocycles. The maximum atomic E-state index is 11.2. The monoisotopic (exact) mass is 381 g/mol. The van der Waals surface area contributed by atoms with E-state index < -0.39 is 0 Å². The Labute approximate surface area is 162 Å². The Kier molecular flexibility index (Phi) is 5.29. The van der Waals surface area contributed by atoms with Crippen molar-refractivity contribution < 1.29 is 14.7 Å². The van der Waals surface area contributed by atoms with Crippen LogP contribution in [0.3, 0.4) is 0 Å². The molecule has 1 aliphatic rings. The van der Waals surface area contributed by atoms with E-state index in [0.29, 0.717) is 0 Å². The molecule has 4 rings (SSSR count). The molecule has 1 aromatic heterocycles. The summed E-state index contributed by atoms with van der Waals surface area (Å²) in [6, 6.07) is 24.6. The van der Waals surface area contributed by atoms with Crippen molar-refractivity contribution in [3.8, 4) is 0 Å². The number of thiophene rings is 1. The Balaban J connectivity index is 1.61. The molecule has 3 aromatic rings. The van der Waals surface area contributed by atoms with Gasteiger partial charge in [0.15, 0.2) is 0 Å². The summed E-state index contributed by atoms with van der Waals surface area (Å²) in [6.45, 7) is 4.01. The van der Waals surface area contributed by atoms with E-state index in [1.807, 2.05) is 18.2 Å². The van der Waals surface area contributed by atoms with E-state index in [1.165, 1.54) is 32.3 Å². The van der Waals surface area contributed by atoms with Gasteiger partial charge in [-0.2, -0.15) is 0 Å². The summed E-state index contributed by atoms with van der Waals surface area (Å²) in [5.41, 5.74) is 2.62. The van der Waals surface area contributed by atoms with Crippen LogP contribution in [0.5, 0.6) is 0 Å². The Hall–Kier alpha value is -2.54. The van der Waals surface area contributed by atoms with Gasteiger partial charge in [-0.3, -0.25) is 19.9 Å². The molecule has 0 spiro atoms. The topological polar surface area (TPSA) is 52.0 Å². The highest BCUT2D eigenvalue weighted by Gasteiger charge is 2.42. The third kappa shape index (κ3) is 4.08. The summed E-state index contributed by atoms with van der Waals surface area (Å²) < 4.78 is 0. The summed E-state index contributed by atoms with van der Waals surface area (Å²) in [5.74, 6) is 0. The second kappa shape index (κ2) is 8.00. The van der Waals surface area contributed by atoms with Crippen molar-refractivity contribution in [2.75, 3.05) is 13.1 Å². The van der Waals surface area contributed by atoms with E-state index in [-0.39, 0.29) is 16.1 Å². The zero-order chi connectivity index (χ0) is 18.6. The van der Waals surface area contributed by atoms with Crippen molar-refractivity contribution in [2.45, 2.75) is 19.3 Å². The molecule has 2 N–H and O–H groups in total. The van der Waals surface area contributed by atoms with Gasteiger partial charge in [-0.25, -0.2) is 0 Å². The number of nitrogens with one attached hydrogen (secondary N) is 2. The van der Waals surface area contributed by atoms with Crippen LogP contribution in [0.25, 0.3) is 0 Å². The molecule has 5 nitrogen and oxygen atoms in total. The maximum absolute atomic E-state index is 11.2. The van der Waals surface area contributed by atoms with Crippen molar-refractivity contribution in [1.29, 1.82) is 0 Å². The first-order chi connectivity index (χ1) is 13.2. The van der Waals surface area contributed by atoms with Gasteiger partial charge in [0.25, 0.3) is 6.17 Å². The molecule has 2 unspecified atom stereocenters. The average molecular weight is 382 g/mol. The van der Waals surface area contributed by atoms with Crippen molar-refractivity contribution in [3.63, 3.8) is 0 Å². The standard InChI is InChI=1S/C21H21N3O2S/c25-24(26)20-12-11-19(27-20)21-22(15-17-7-3-1-4-8-17)13-14-23(21)16-18-9-5-2-6-10-18/h1-12,21H,13-16H2/p+2. The van der Waals surface area contributed by atoms with Gasteiger partial charge < -0.3 is 0 Å². The Morgan fingerprint density at radius 2 is 1.37 bits per heavy atom. The first-order valence-electron chi connectivity index (χ1n) is 9.22. The van der Waals surface area contributed by atoms with Gasteiger partial charge in [-0.15, -0.1) is 0 Å². The number of nitro groups is 1. The van der Waals surface area contributed by atoms with E-state index in [4.69, 9.17) is 0 Å². The fraction of sp³-hybridized carbons (Fsp3) is 0.238. The van der Waals surface area contributed by atoms with Gasteiger partial charge in [0.1, 0.15) is 31.1 Å². The Morgan fingerprint density at radius 3 is 1.81 bits per heavy atom. The van der Waals surface area contributed by atoms with E-state index in [9.17, 15) is 10.1 Å². The molecule has 2 heterocycles.